The molecule has 2 aromatic rings. The van der Waals surface area contributed by atoms with Crippen LogP contribution < -0.4 is 10.5 Å². The monoisotopic (exact) mass is 253 g/mol. The van der Waals surface area contributed by atoms with Gasteiger partial charge in [0.05, 0.1) is 7.11 Å². The van der Waals surface area contributed by atoms with Crippen molar-refractivity contribution in [2.45, 2.75) is 24.8 Å². The fraction of sp³-hybridized carbons (Fsp3) is 0.294. The van der Waals surface area contributed by atoms with E-state index in [1.807, 2.05) is 6.07 Å². The molecular weight excluding hydrogens is 234 g/mol. The quantitative estimate of drug-likeness (QED) is 0.887. The highest BCUT2D eigenvalue weighted by atomic mass is 16.5. The third-order valence-corrected chi connectivity index (χ3v) is 4.04. The lowest BCUT2D eigenvalue weighted by Crippen LogP contribution is -2.21. The highest BCUT2D eigenvalue weighted by Crippen LogP contribution is 2.41. The zero-order chi connectivity index (χ0) is 13.2. The van der Waals surface area contributed by atoms with Crippen LogP contribution >= 0.6 is 0 Å². The minimum Gasteiger partial charge on any atom is -0.497 e. The topological polar surface area (TPSA) is 35.2 Å². The fourth-order valence-corrected chi connectivity index (χ4v) is 3.01. The second kappa shape index (κ2) is 5.06. The number of ether oxygens (including phenoxy) is 1. The summed E-state index contributed by atoms with van der Waals surface area (Å²) < 4.78 is 5.36. The van der Waals surface area contributed by atoms with E-state index in [-0.39, 0.29) is 6.04 Å². The van der Waals surface area contributed by atoms with Crippen molar-refractivity contribution >= 4 is 0 Å². The molecule has 0 aromatic heterocycles. The summed E-state index contributed by atoms with van der Waals surface area (Å²) in [5.74, 6) is 1.35. The molecule has 2 nitrogen and oxygen atoms in total. The van der Waals surface area contributed by atoms with Crippen LogP contribution in [0.3, 0.4) is 0 Å². The van der Waals surface area contributed by atoms with Gasteiger partial charge in [0.2, 0.25) is 0 Å². The number of rotatable bonds is 2. The molecule has 0 bridgehead atoms. The highest BCUT2D eigenvalue weighted by molar-refractivity contribution is 5.45. The van der Waals surface area contributed by atoms with Crippen LogP contribution in [0.5, 0.6) is 5.75 Å². The first kappa shape index (κ1) is 12.2. The van der Waals surface area contributed by atoms with Crippen LogP contribution in [0.25, 0.3) is 0 Å². The summed E-state index contributed by atoms with van der Waals surface area (Å²) in [7, 11) is 1.71. The first-order chi connectivity index (χ1) is 9.29. The Morgan fingerprint density at radius 2 is 1.79 bits per heavy atom. The molecule has 0 saturated carbocycles. The van der Waals surface area contributed by atoms with E-state index in [1.165, 1.54) is 16.7 Å². The Hall–Kier alpha value is -1.80. The van der Waals surface area contributed by atoms with Gasteiger partial charge in [-0.05, 0) is 41.7 Å². The van der Waals surface area contributed by atoms with Gasteiger partial charge in [0, 0.05) is 12.0 Å². The van der Waals surface area contributed by atoms with E-state index in [0.717, 1.165) is 18.6 Å². The summed E-state index contributed by atoms with van der Waals surface area (Å²) in [5.41, 5.74) is 10.2. The smallest absolute Gasteiger partial charge is 0.119 e. The Kier molecular flexibility index (Phi) is 3.26. The lowest BCUT2D eigenvalue weighted by atomic mass is 9.77. The molecule has 0 fully saturated rings. The van der Waals surface area contributed by atoms with Crippen molar-refractivity contribution in [3.63, 3.8) is 0 Å². The average Bonchev–Trinajstić information content (AvgIpc) is 2.48. The molecular formula is C17H19NO. The first-order valence-electron chi connectivity index (χ1n) is 6.78. The van der Waals surface area contributed by atoms with Gasteiger partial charge in [-0.15, -0.1) is 0 Å². The second-order valence-corrected chi connectivity index (χ2v) is 5.14. The molecule has 2 N–H and O–H groups in total. The van der Waals surface area contributed by atoms with Crippen LogP contribution in [0.15, 0.2) is 48.5 Å². The summed E-state index contributed by atoms with van der Waals surface area (Å²) in [4.78, 5) is 0. The molecule has 2 heteroatoms. The van der Waals surface area contributed by atoms with Crippen molar-refractivity contribution in [2.75, 3.05) is 7.11 Å². The predicted octanol–water partition coefficient (Wildman–Crippen LogP) is 3.62. The van der Waals surface area contributed by atoms with Gasteiger partial charge in [0.25, 0.3) is 0 Å². The maximum Gasteiger partial charge on any atom is 0.119 e. The molecule has 0 heterocycles. The number of benzene rings is 2. The molecule has 0 radical (unpaired) electrons. The molecule has 0 spiro atoms. The lowest BCUT2D eigenvalue weighted by Gasteiger charge is -2.30. The zero-order valence-electron chi connectivity index (χ0n) is 11.2. The average molecular weight is 253 g/mol. The zero-order valence-corrected chi connectivity index (χ0v) is 11.2. The third-order valence-electron chi connectivity index (χ3n) is 4.04. The van der Waals surface area contributed by atoms with E-state index >= 15 is 0 Å². The fourth-order valence-electron chi connectivity index (χ4n) is 3.01. The minimum absolute atomic E-state index is 0.154. The van der Waals surface area contributed by atoms with Crippen molar-refractivity contribution in [1.29, 1.82) is 0 Å². The largest absolute Gasteiger partial charge is 0.497 e. The van der Waals surface area contributed by atoms with Crippen LogP contribution in [0, 0.1) is 0 Å². The summed E-state index contributed by atoms with van der Waals surface area (Å²) >= 11 is 0. The number of methoxy groups -OCH3 is 1. The van der Waals surface area contributed by atoms with Crippen molar-refractivity contribution < 1.29 is 4.74 Å². The van der Waals surface area contributed by atoms with Crippen LogP contribution in [-0.2, 0) is 0 Å². The maximum atomic E-state index is 6.24. The Bertz CT molecular complexity index is 565. The van der Waals surface area contributed by atoms with Crippen LogP contribution in [0.4, 0.5) is 0 Å². The number of hydrogen-bond acceptors (Lipinski definition) is 2. The molecule has 3 rings (SSSR count). The molecule has 1 aliphatic rings. The Balaban J connectivity index is 2.08. The van der Waals surface area contributed by atoms with E-state index in [4.69, 9.17) is 10.5 Å². The van der Waals surface area contributed by atoms with Crippen LogP contribution in [-0.4, -0.2) is 7.11 Å². The van der Waals surface area contributed by atoms with Crippen molar-refractivity contribution in [1.82, 2.24) is 0 Å². The van der Waals surface area contributed by atoms with Crippen LogP contribution in [0.1, 0.15) is 41.5 Å². The van der Waals surface area contributed by atoms with Crippen molar-refractivity contribution in [2.24, 2.45) is 5.73 Å². The number of fused-ring (bicyclic) bond motifs is 1. The van der Waals surface area contributed by atoms with E-state index in [9.17, 15) is 0 Å². The van der Waals surface area contributed by atoms with Gasteiger partial charge in [-0.1, -0.05) is 36.4 Å². The molecule has 1 aliphatic carbocycles. The van der Waals surface area contributed by atoms with Crippen molar-refractivity contribution in [3.8, 4) is 5.75 Å². The van der Waals surface area contributed by atoms with E-state index in [0.29, 0.717) is 5.92 Å². The van der Waals surface area contributed by atoms with Gasteiger partial charge in [-0.2, -0.15) is 0 Å². The first-order valence-corrected chi connectivity index (χ1v) is 6.78. The standard InChI is InChI=1S/C17H19NO/c1-19-13-7-8-15-16(11-13)14(9-10-17(15)18)12-5-3-2-4-6-12/h2-8,11,14,17H,9-10,18H2,1H3/t14-,17-/m0/s1. The second-order valence-electron chi connectivity index (χ2n) is 5.14. The molecule has 0 aliphatic heterocycles. The molecule has 98 valence electrons. The van der Waals surface area contributed by atoms with Gasteiger partial charge < -0.3 is 10.5 Å². The number of nitrogens with two attached hydrogens (primary N) is 1. The van der Waals surface area contributed by atoms with Gasteiger partial charge in [-0.3, -0.25) is 0 Å². The van der Waals surface area contributed by atoms with E-state index in [2.05, 4.69) is 42.5 Å². The highest BCUT2D eigenvalue weighted by Gasteiger charge is 2.26. The Labute approximate surface area is 114 Å². The molecule has 0 unspecified atom stereocenters. The lowest BCUT2D eigenvalue weighted by molar-refractivity contribution is 0.412. The third kappa shape index (κ3) is 2.24. The van der Waals surface area contributed by atoms with Crippen molar-refractivity contribution in [3.05, 3.63) is 65.2 Å². The van der Waals surface area contributed by atoms with Gasteiger partial charge in [-0.25, -0.2) is 0 Å². The summed E-state index contributed by atoms with van der Waals surface area (Å²) in [6.07, 6.45) is 2.14. The van der Waals surface area contributed by atoms with E-state index < -0.39 is 0 Å². The molecule has 0 saturated heterocycles. The molecule has 2 aromatic carbocycles. The Morgan fingerprint density at radius 3 is 2.53 bits per heavy atom. The summed E-state index contributed by atoms with van der Waals surface area (Å²) in [6, 6.07) is 17.1. The van der Waals surface area contributed by atoms with Crippen LogP contribution in [0.2, 0.25) is 0 Å². The van der Waals surface area contributed by atoms with Gasteiger partial charge in [0.15, 0.2) is 0 Å². The van der Waals surface area contributed by atoms with Gasteiger partial charge >= 0.3 is 0 Å². The maximum absolute atomic E-state index is 6.24. The summed E-state index contributed by atoms with van der Waals surface area (Å²) in [5, 5.41) is 0. The van der Waals surface area contributed by atoms with E-state index in [1.54, 1.807) is 7.11 Å². The summed E-state index contributed by atoms with van der Waals surface area (Å²) in [6.45, 7) is 0. The normalized spacial score (nSPS) is 21.8. The number of hydrogen-bond donors (Lipinski definition) is 1. The Morgan fingerprint density at radius 1 is 1.00 bits per heavy atom. The predicted molar refractivity (Wildman–Crippen MR) is 77.4 cm³/mol. The molecule has 0 amide bonds. The minimum atomic E-state index is 0.154. The van der Waals surface area contributed by atoms with Gasteiger partial charge in [0.1, 0.15) is 5.75 Å². The molecule has 2 atom stereocenters. The SMILES string of the molecule is COc1ccc2c(c1)[C@H](c1ccccc1)CC[C@@H]2N. The molecule has 19 heavy (non-hydrogen) atoms.